The Morgan fingerprint density at radius 1 is 1.18 bits per heavy atom. The summed E-state index contributed by atoms with van der Waals surface area (Å²) in [4.78, 5) is 12.2. The minimum atomic E-state index is -0.0381. The van der Waals surface area contributed by atoms with Crippen molar-refractivity contribution in [2.75, 3.05) is 6.54 Å². The molecule has 0 saturated carbocycles. The molecular formula is C18H25N3O. The molecule has 0 saturated heterocycles. The van der Waals surface area contributed by atoms with Crippen LogP contribution in [0.4, 0.5) is 0 Å². The van der Waals surface area contributed by atoms with Crippen LogP contribution in [-0.4, -0.2) is 16.3 Å². The van der Waals surface area contributed by atoms with E-state index in [2.05, 4.69) is 56.3 Å². The Hall–Kier alpha value is -1.94. The Labute approximate surface area is 132 Å². The molecule has 0 spiro atoms. The van der Waals surface area contributed by atoms with Gasteiger partial charge in [-0.1, -0.05) is 26.0 Å². The zero-order valence-corrected chi connectivity index (χ0v) is 14.1. The molecule has 0 unspecified atom stereocenters. The molecule has 0 radical (unpaired) electrons. The van der Waals surface area contributed by atoms with Crippen molar-refractivity contribution in [3.63, 3.8) is 0 Å². The van der Waals surface area contributed by atoms with Crippen molar-refractivity contribution < 1.29 is 0 Å². The second kappa shape index (κ2) is 6.88. The highest BCUT2D eigenvalue weighted by Crippen LogP contribution is 2.20. The van der Waals surface area contributed by atoms with Gasteiger partial charge in [0.2, 0.25) is 0 Å². The number of nitrogens with zero attached hydrogens (tertiary/aromatic N) is 2. The summed E-state index contributed by atoms with van der Waals surface area (Å²) >= 11 is 0. The van der Waals surface area contributed by atoms with Gasteiger partial charge >= 0.3 is 0 Å². The lowest BCUT2D eigenvalue weighted by Gasteiger charge is -2.11. The van der Waals surface area contributed by atoms with Crippen molar-refractivity contribution in [2.24, 2.45) is 13.0 Å². The van der Waals surface area contributed by atoms with Crippen LogP contribution in [-0.2, 0) is 13.6 Å². The third-order valence-electron chi connectivity index (χ3n) is 3.81. The fourth-order valence-corrected chi connectivity index (χ4v) is 2.33. The summed E-state index contributed by atoms with van der Waals surface area (Å²) < 4.78 is 1.43. The molecule has 2 aromatic rings. The largest absolute Gasteiger partial charge is 0.312 e. The molecule has 0 aliphatic rings. The first-order valence-corrected chi connectivity index (χ1v) is 7.74. The molecule has 1 heterocycles. The Morgan fingerprint density at radius 2 is 1.91 bits per heavy atom. The zero-order chi connectivity index (χ0) is 16.3. The molecule has 22 heavy (non-hydrogen) atoms. The van der Waals surface area contributed by atoms with Crippen LogP contribution in [0.1, 0.15) is 30.5 Å². The third kappa shape index (κ3) is 3.83. The number of nitrogens with one attached hydrogen (secondary N) is 1. The molecule has 0 aliphatic carbocycles. The van der Waals surface area contributed by atoms with Crippen molar-refractivity contribution >= 4 is 0 Å². The zero-order valence-electron chi connectivity index (χ0n) is 14.1. The van der Waals surface area contributed by atoms with Gasteiger partial charge in [0, 0.05) is 24.7 Å². The minimum absolute atomic E-state index is 0.0381. The topological polar surface area (TPSA) is 46.9 Å². The number of aryl methyl sites for hydroxylation is 3. The SMILES string of the molecule is Cc1ccc(-c2cc(CNCC(C)C)c(=O)n(C)n2)cc1C. The lowest BCUT2D eigenvalue weighted by molar-refractivity contribution is 0.547. The molecule has 4 heteroatoms. The molecule has 0 fully saturated rings. The van der Waals surface area contributed by atoms with Crippen LogP contribution in [0.25, 0.3) is 11.3 Å². The Bertz CT molecular complexity index is 717. The first-order valence-electron chi connectivity index (χ1n) is 7.74. The van der Waals surface area contributed by atoms with Crippen molar-refractivity contribution in [3.8, 4) is 11.3 Å². The number of rotatable bonds is 5. The van der Waals surface area contributed by atoms with Gasteiger partial charge in [-0.25, -0.2) is 4.68 Å². The maximum atomic E-state index is 12.2. The second-order valence-corrected chi connectivity index (χ2v) is 6.31. The lowest BCUT2D eigenvalue weighted by atomic mass is 10.0. The molecule has 0 aliphatic heterocycles. The predicted octanol–water partition coefficient (Wildman–Crippen LogP) is 2.81. The number of hydrogen-bond acceptors (Lipinski definition) is 3. The average molecular weight is 299 g/mol. The first kappa shape index (κ1) is 16.4. The van der Waals surface area contributed by atoms with E-state index in [4.69, 9.17) is 0 Å². The lowest BCUT2D eigenvalue weighted by Crippen LogP contribution is -2.29. The van der Waals surface area contributed by atoms with Gasteiger partial charge < -0.3 is 5.32 Å². The fraction of sp³-hybridized carbons (Fsp3) is 0.444. The second-order valence-electron chi connectivity index (χ2n) is 6.31. The van der Waals surface area contributed by atoms with E-state index in [0.717, 1.165) is 23.4 Å². The molecule has 0 atom stereocenters. The molecule has 0 bridgehead atoms. The highest BCUT2D eigenvalue weighted by molar-refractivity contribution is 5.61. The van der Waals surface area contributed by atoms with Gasteiger partial charge in [-0.15, -0.1) is 0 Å². The predicted molar refractivity (Wildman–Crippen MR) is 90.9 cm³/mol. The van der Waals surface area contributed by atoms with Gasteiger partial charge in [0.15, 0.2) is 0 Å². The summed E-state index contributed by atoms with van der Waals surface area (Å²) in [5.41, 5.74) is 5.09. The van der Waals surface area contributed by atoms with Crippen LogP contribution in [0.5, 0.6) is 0 Å². The third-order valence-corrected chi connectivity index (χ3v) is 3.81. The summed E-state index contributed by atoms with van der Waals surface area (Å²) in [5, 5.41) is 7.72. The molecule has 2 rings (SSSR count). The number of hydrogen-bond donors (Lipinski definition) is 1. The van der Waals surface area contributed by atoms with E-state index in [-0.39, 0.29) is 5.56 Å². The van der Waals surface area contributed by atoms with Gasteiger partial charge in [-0.05, 0) is 49.6 Å². The van der Waals surface area contributed by atoms with E-state index in [1.54, 1.807) is 7.05 Å². The van der Waals surface area contributed by atoms with Gasteiger partial charge in [0.25, 0.3) is 5.56 Å². The Morgan fingerprint density at radius 3 is 2.55 bits per heavy atom. The monoisotopic (exact) mass is 299 g/mol. The minimum Gasteiger partial charge on any atom is -0.312 e. The molecule has 4 nitrogen and oxygen atoms in total. The van der Waals surface area contributed by atoms with Gasteiger partial charge in [0.1, 0.15) is 0 Å². The normalized spacial score (nSPS) is 11.2. The molecule has 118 valence electrons. The van der Waals surface area contributed by atoms with E-state index >= 15 is 0 Å². The molecule has 1 aromatic heterocycles. The van der Waals surface area contributed by atoms with Crippen LogP contribution >= 0.6 is 0 Å². The van der Waals surface area contributed by atoms with Crippen molar-refractivity contribution in [1.29, 1.82) is 0 Å². The van der Waals surface area contributed by atoms with Gasteiger partial charge in [-0.2, -0.15) is 5.10 Å². The van der Waals surface area contributed by atoms with E-state index in [0.29, 0.717) is 12.5 Å². The van der Waals surface area contributed by atoms with Gasteiger partial charge in [-0.3, -0.25) is 4.79 Å². The summed E-state index contributed by atoms with van der Waals surface area (Å²) in [6, 6.07) is 8.17. The Kier molecular flexibility index (Phi) is 5.14. The first-order chi connectivity index (χ1) is 10.4. The smallest absolute Gasteiger partial charge is 0.271 e. The van der Waals surface area contributed by atoms with Crippen LogP contribution in [0, 0.1) is 19.8 Å². The molecule has 1 aromatic carbocycles. The van der Waals surface area contributed by atoms with Crippen molar-refractivity contribution in [3.05, 3.63) is 51.3 Å². The quantitative estimate of drug-likeness (QED) is 0.923. The number of benzene rings is 1. The van der Waals surface area contributed by atoms with Crippen LogP contribution in [0.3, 0.4) is 0 Å². The number of aromatic nitrogens is 2. The van der Waals surface area contributed by atoms with Gasteiger partial charge in [0.05, 0.1) is 5.69 Å². The van der Waals surface area contributed by atoms with E-state index < -0.39 is 0 Å². The molecule has 0 amide bonds. The summed E-state index contributed by atoms with van der Waals surface area (Å²) in [6.45, 7) is 9.95. The van der Waals surface area contributed by atoms with E-state index in [9.17, 15) is 4.79 Å². The maximum absolute atomic E-state index is 12.2. The standard InChI is InChI=1S/C18H25N3O/c1-12(2)10-19-11-16-9-17(20-21(5)18(16)22)15-7-6-13(3)14(4)8-15/h6-9,12,19H,10-11H2,1-5H3. The van der Waals surface area contributed by atoms with Crippen LogP contribution in [0.2, 0.25) is 0 Å². The summed E-state index contributed by atoms with van der Waals surface area (Å²) in [6.07, 6.45) is 0. The van der Waals surface area contributed by atoms with Crippen LogP contribution < -0.4 is 10.9 Å². The maximum Gasteiger partial charge on any atom is 0.271 e. The van der Waals surface area contributed by atoms with Crippen molar-refractivity contribution in [2.45, 2.75) is 34.2 Å². The highest BCUT2D eigenvalue weighted by atomic mass is 16.1. The summed E-state index contributed by atoms with van der Waals surface area (Å²) in [5.74, 6) is 0.560. The highest BCUT2D eigenvalue weighted by Gasteiger charge is 2.09. The van der Waals surface area contributed by atoms with Crippen LogP contribution in [0.15, 0.2) is 29.1 Å². The van der Waals surface area contributed by atoms with E-state index in [1.165, 1.54) is 15.8 Å². The molecular weight excluding hydrogens is 274 g/mol. The Balaban J connectivity index is 2.34. The summed E-state index contributed by atoms with van der Waals surface area (Å²) in [7, 11) is 1.71. The molecule has 1 N–H and O–H groups in total. The average Bonchev–Trinajstić information content (AvgIpc) is 2.46. The fourth-order valence-electron chi connectivity index (χ4n) is 2.33. The van der Waals surface area contributed by atoms with Crippen molar-refractivity contribution in [1.82, 2.24) is 15.1 Å². The van der Waals surface area contributed by atoms with E-state index in [1.807, 2.05) is 6.07 Å².